The van der Waals surface area contributed by atoms with Crippen LogP contribution in [-0.4, -0.2) is 23.4 Å². The highest BCUT2D eigenvalue weighted by Crippen LogP contribution is 2.18. The summed E-state index contributed by atoms with van der Waals surface area (Å²) in [6.07, 6.45) is 0.920. The molecule has 0 bridgehead atoms. The van der Waals surface area contributed by atoms with E-state index in [9.17, 15) is 5.11 Å². The molecule has 2 N–H and O–H groups in total. The van der Waals surface area contributed by atoms with Crippen molar-refractivity contribution in [3.05, 3.63) is 24.3 Å². The van der Waals surface area contributed by atoms with Crippen LogP contribution in [0.2, 0.25) is 0 Å². The normalized spacial score (nSPS) is 14.5. The molecule has 96 valence electrons. The molecule has 0 aliphatic rings. The van der Waals surface area contributed by atoms with Crippen molar-refractivity contribution < 1.29 is 9.84 Å². The Morgan fingerprint density at radius 1 is 1.29 bits per heavy atom. The molecule has 0 spiro atoms. The quantitative estimate of drug-likeness (QED) is 0.799. The molecule has 1 aromatic rings. The lowest BCUT2D eigenvalue weighted by atomic mass is 10.0. The number of hydrogen-bond acceptors (Lipinski definition) is 3. The van der Waals surface area contributed by atoms with E-state index in [1.807, 2.05) is 52.0 Å². The second kappa shape index (κ2) is 5.92. The molecule has 0 aromatic heterocycles. The Kier molecular flexibility index (Phi) is 4.82. The van der Waals surface area contributed by atoms with Crippen molar-refractivity contribution in [3.8, 4) is 5.75 Å². The van der Waals surface area contributed by atoms with Crippen LogP contribution in [0.1, 0.15) is 34.1 Å². The molecule has 1 aromatic carbocycles. The van der Waals surface area contributed by atoms with Crippen molar-refractivity contribution in [2.45, 2.75) is 45.8 Å². The molecule has 3 heteroatoms. The van der Waals surface area contributed by atoms with Crippen LogP contribution >= 0.6 is 0 Å². The van der Waals surface area contributed by atoms with Gasteiger partial charge in [0.15, 0.2) is 0 Å². The number of ether oxygens (including phenoxy) is 1. The summed E-state index contributed by atoms with van der Waals surface area (Å²) in [5, 5.41) is 13.1. The fourth-order valence-electron chi connectivity index (χ4n) is 1.34. The molecular weight excluding hydrogens is 214 g/mol. The van der Waals surface area contributed by atoms with Crippen molar-refractivity contribution in [2.75, 3.05) is 11.9 Å². The Labute approximate surface area is 104 Å². The number of aliphatic hydroxyl groups is 1. The van der Waals surface area contributed by atoms with Gasteiger partial charge in [-0.15, -0.1) is 0 Å². The van der Waals surface area contributed by atoms with Crippen LogP contribution < -0.4 is 10.1 Å². The minimum Gasteiger partial charge on any atom is -0.491 e. The SMILES string of the molecule is CCC(C)(O)CNc1ccc(OC(C)C)cc1. The summed E-state index contributed by atoms with van der Waals surface area (Å²) in [5.41, 5.74) is 0.336. The van der Waals surface area contributed by atoms with Gasteiger partial charge in [0, 0.05) is 12.2 Å². The summed E-state index contributed by atoms with van der Waals surface area (Å²) >= 11 is 0. The van der Waals surface area contributed by atoms with Gasteiger partial charge in [-0.2, -0.15) is 0 Å². The third-order valence-electron chi connectivity index (χ3n) is 2.66. The van der Waals surface area contributed by atoms with Crippen molar-refractivity contribution in [1.82, 2.24) is 0 Å². The van der Waals surface area contributed by atoms with Crippen molar-refractivity contribution in [1.29, 1.82) is 0 Å². The molecule has 3 nitrogen and oxygen atoms in total. The van der Waals surface area contributed by atoms with E-state index in [0.29, 0.717) is 6.54 Å². The Morgan fingerprint density at radius 2 is 1.88 bits per heavy atom. The largest absolute Gasteiger partial charge is 0.491 e. The fraction of sp³-hybridized carbons (Fsp3) is 0.571. The average molecular weight is 237 g/mol. The van der Waals surface area contributed by atoms with E-state index in [-0.39, 0.29) is 6.10 Å². The van der Waals surface area contributed by atoms with Crippen molar-refractivity contribution in [3.63, 3.8) is 0 Å². The van der Waals surface area contributed by atoms with Gasteiger partial charge in [0.25, 0.3) is 0 Å². The van der Waals surface area contributed by atoms with Crippen LogP contribution in [0.4, 0.5) is 5.69 Å². The van der Waals surface area contributed by atoms with E-state index < -0.39 is 5.60 Å². The molecule has 0 aliphatic carbocycles. The molecular formula is C14H23NO2. The van der Waals surface area contributed by atoms with Crippen LogP contribution in [0.5, 0.6) is 5.75 Å². The van der Waals surface area contributed by atoms with E-state index in [2.05, 4.69) is 5.32 Å². The first-order valence-electron chi connectivity index (χ1n) is 6.16. The minimum absolute atomic E-state index is 0.189. The number of nitrogens with one attached hydrogen (secondary N) is 1. The Balaban J connectivity index is 2.51. The highest BCUT2D eigenvalue weighted by atomic mass is 16.5. The van der Waals surface area contributed by atoms with E-state index >= 15 is 0 Å². The second-order valence-corrected chi connectivity index (χ2v) is 4.90. The number of rotatable bonds is 6. The topological polar surface area (TPSA) is 41.5 Å². The summed E-state index contributed by atoms with van der Waals surface area (Å²) in [5.74, 6) is 0.868. The molecule has 1 rings (SSSR count). The van der Waals surface area contributed by atoms with Gasteiger partial charge in [-0.1, -0.05) is 6.92 Å². The van der Waals surface area contributed by atoms with Gasteiger partial charge < -0.3 is 15.2 Å². The highest BCUT2D eigenvalue weighted by Gasteiger charge is 2.16. The summed E-state index contributed by atoms with van der Waals surface area (Å²) in [7, 11) is 0. The van der Waals surface area contributed by atoms with Gasteiger partial charge in [-0.3, -0.25) is 0 Å². The van der Waals surface area contributed by atoms with Crippen LogP contribution in [-0.2, 0) is 0 Å². The molecule has 0 fully saturated rings. The standard InChI is InChI=1S/C14H23NO2/c1-5-14(4,16)10-15-12-6-8-13(9-7-12)17-11(2)3/h6-9,11,15-16H,5,10H2,1-4H3. The van der Waals surface area contributed by atoms with Gasteiger partial charge in [0.05, 0.1) is 11.7 Å². The first-order valence-corrected chi connectivity index (χ1v) is 6.16. The second-order valence-electron chi connectivity index (χ2n) is 4.90. The molecule has 0 saturated carbocycles. The Hall–Kier alpha value is -1.22. The summed E-state index contributed by atoms with van der Waals surface area (Å²) < 4.78 is 5.56. The predicted octanol–water partition coefficient (Wildman–Crippen LogP) is 3.05. The highest BCUT2D eigenvalue weighted by molar-refractivity contribution is 5.46. The number of hydrogen-bond donors (Lipinski definition) is 2. The average Bonchev–Trinajstić information content (AvgIpc) is 2.28. The lowest BCUT2D eigenvalue weighted by Gasteiger charge is -2.22. The molecule has 0 aliphatic heterocycles. The zero-order valence-corrected chi connectivity index (χ0v) is 11.2. The maximum Gasteiger partial charge on any atom is 0.119 e. The monoisotopic (exact) mass is 237 g/mol. The van der Waals surface area contributed by atoms with Crippen LogP contribution in [0, 0.1) is 0 Å². The Bertz CT molecular complexity index is 331. The fourth-order valence-corrected chi connectivity index (χ4v) is 1.34. The first kappa shape index (κ1) is 13.8. The zero-order chi connectivity index (χ0) is 12.9. The van der Waals surface area contributed by atoms with E-state index in [1.165, 1.54) is 0 Å². The molecule has 0 amide bonds. The number of anilines is 1. The summed E-state index contributed by atoms with van der Waals surface area (Å²) in [4.78, 5) is 0. The van der Waals surface area contributed by atoms with Crippen LogP contribution in [0.3, 0.4) is 0 Å². The number of benzene rings is 1. The van der Waals surface area contributed by atoms with Gasteiger partial charge in [-0.05, 0) is 51.5 Å². The van der Waals surface area contributed by atoms with Gasteiger partial charge in [0.2, 0.25) is 0 Å². The lowest BCUT2D eigenvalue weighted by Crippen LogP contribution is -2.32. The third kappa shape index (κ3) is 5.09. The molecule has 0 heterocycles. The smallest absolute Gasteiger partial charge is 0.119 e. The van der Waals surface area contributed by atoms with Crippen LogP contribution in [0.15, 0.2) is 24.3 Å². The zero-order valence-electron chi connectivity index (χ0n) is 11.2. The van der Waals surface area contributed by atoms with Crippen molar-refractivity contribution >= 4 is 5.69 Å². The Morgan fingerprint density at radius 3 is 2.35 bits per heavy atom. The third-order valence-corrected chi connectivity index (χ3v) is 2.66. The molecule has 17 heavy (non-hydrogen) atoms. The molecule has 1 unspecified atom stereocenters. The predicted molar refractivity (Wildman–Crippen MR) is 71.6 cm³/mol. The van der Waals surface area contributed by atoms with Gasteiger partial charge in [0.1, 0.15) is 5.75 Å². The molecule has 0 radical (unpaired) electrons. The molecule has 0 saturated heterocycles. The minimum atomic E-state index is -0.660. The van der Waals surface area contributed by atoms with E-state index in [0.717, 1.165) is 17.9 Å². The van der Waals surface area contributed by atoms with E-state index in [4.69, 9.17) is 4.74 Å². The molecule has 1 atom stereocenters. The lowest BCUT2D eigenvalue weighted by molar-refractivity contribution is 0.0697. The van der Waals surface area contributed by atoms with Crippen molar-refractivity contribution in [2.24, 2.45) is 0 Å². The summed E-state index contributed by atoms with van der Waals surface area (Å²) in [6, 6.07) is 7.79. The van der Waals surface area contributed by atoms with Crippen LogP contribution in [0.25, 0.3) is 0 Å². The summed E-state index contributed by atoms with van der Waals surface area (Å²) in [6.45, 7) is 8.36. The van der Waals surface area contributed by atoms with Gasteiger partial charge in [-0.25, -0.2) is 0 Å². The first-order chi connectivity index (χ1) is 7.93. The maximum atomic E-state index is 9.87. The maximum absolute atomic E-state index is 9.87. The van der Waals surface area contributed by atoms with E-state index in [1.54, 1.807) is 0 Å². The van der Waals surface area contributed by atoms with Gasteiger partial charge >= 0.3 is 0 Å².